The minimum Gasteiger partial charge on any atom is -0.497 e. The summed E-state index contributed by atoms with van der Waals surface area (Å²) in [5, 5.41) is 0. The molecular weight excluding hydrogens is 546 g/mol. The third-order valence-corrected chi connectivity index (χ3v) is 9.48. The fourth-order valence-electron chi connectivity index (χ4n) is 7.20. The zero-order valence-electron chi connectivity index (χ0n) is 25.5. The number of Topliss-reactive ketones (excluding diaryl/α,β-unsaturated/α-hetero) is 1. The lowest BCUT2D eigenvalue weighted by molar-refractivity contribution is 0.0377. The molecule has 0 bridgehead atoms. The van der Waals surface area contributed by atoms with Crippen LogP contribution in [0.4, 0.5) is 8.78 Å². The number of fused-ring (bicyclic) bond motifs is 1. The van der Waals surface area contributed by atoms with Crippen LogP contribution in [0.25, 0.3) is 0 Å². The number of benzene rings is 3. The molecule has 43 heavy (non-hydrogen) atoms. The minimum absolute atomic E-state index is 0.0122. The molecule has 3 aromatic carbocycles. The Morgan fingerprint density at radius 1 is 0.907 bits per heavy atom. The highest BCUT2D eigenvalue weighted by Crippen LogP contribution is 2.48. The normalized spacial score (nSPS) is 22.4. The molecule has 2 aliphatic rings. The van der Waals surface area contributed by atoms with Crippen LogP contribution in [0.5, 0.6) is 5.75 Å². The zero-order chi connectivity index (χ0) is 30.6. The first-order chi connectivity index (χ1) is 20.6. The second-order valence-corrected chi connectivity index (χ2v) is 12.9. The molecule has 3 unspecified atom stereocenters. The summed E-state index contributed by atoms with van der Waals surface area (Å²) in [6.45, 7) is 3.66. The molecule has 3 atom stereocenters. The van der Waals surface area contributed by atoms with Crippen LogP contribution in [0.15, 0.2) is 60.7 Å². The van der Waals surface area contributed by atoms with Gasteiger partial charge in [-0.1, -0.05) is 37.1 Å². The molecule has 0 aromatic heterocycles. The first-order valence-corrected chi connectivity index (χ1v) is 15.6. The van der Waals surface area contributed by atoms with Crippen molar-refractivity contribution in [1.29, 1.82) is 0 Å². The van der Waals surface area contributed by atoms with Gasteiger partial charge in [-0.15, -0.1) is 0 Å². The van der Waals surface area contributed by atoms with E-state index >= 15 is 0 Å². The Balaban J connectivity index is 1.42. The number of rotatable bonds is 7. The molecule has 228 valence electrons. The fourth-order valence-corrected chi connectivity index (χ4v) is 7.20. The highest BCUT2D eigenvalue weighted by atomic mass is 19.2. The second kappa shape index (κ2) is 13.4. The van der Waals surface area contributed by atoms with Gasteiger partial charge in [-0.2, -0.15) is 0 Å². The van der Waals surface area contributed by atoms with E-state index in [4.69, 9.17) is 9.47 Å². The number of aryl methyl sites for hydroxylation is 1. The van der Waals surface area contributed by atoms with Crippen molar-refractivity contribution in [2.75, 3.05) is 7.11 Å². The van der Waals surface area contributed by atoms with Gasteiger partial charge in [-0.3, -0.25) is 4.79 Å². The van der Waals surface area contributed by atoms with Gasteiger partial charge < -0.3 is 9.47 Å². The summed E-state index contributed by atoms with van der Waals surface area (Å²) in [4.78, 5) is 27.0. The Kier molecular flexibility index (Phi) is 9.63. The lowest BCUT2D eigenvalue weighted by atomic mass is 9.65. The van der Waals surface area contributed by atoms with Crippen LogP contribution < -0.4 is 4.74 Å². The van der Waals surface area contributed by atoms with E-state index in [1.165, 1.54) is 12.1 Å². The van der Waals surface area contributed by atoms with E-state index in [0.717, 1.165) is 80.2 Å². The van der Waals surface area contributed by atoms with Crippen molar-refractivity contribution in [3.63, 3.8) is 0 Å². The average molecular weight is 589 g/mol. The Morgan fingerprint density at radius 2 is 1.67 bits per heavy atom. The van der Waals surface area contributed by atoms with Crippen LogP contribution in [0.2, 0.25) is 0 Å². The maximum atomic E-state index is 14.2. The van der Waals surface area contributed by atoms with Crippen LogP contribution >= 0.6 is 0 Å². The number of hydrogen-bond acceptors (Lipinski definition) is 4. The number of esters is 1. The van der Waals surface area contributed by atoms with E-state index in [9.17, 15) is 18.4 Å². The molecule has 0 radical (unpaired) electrons. The first kappa shape index (κ1) is 30.9. The zero-order valence-corrected chi connectivity index (χ0v) is 25.5. The van der Waals surface area contributed by atoms with Gasteiger partial charge >= 0.3 is 5.97 Å². The third-order valence-electron chi connectivity index (χ3n) is 9.48. The predicted octanol–water partition coefficient (Wildman–Crippen LogP) is 8.73. The smallest absolute Gasteiger partial charge is 0.338 e. The first-order valence-electron chi connectivity index (χ1n) is 15.6. The van der Waals surface area contributed by atoms with Gasteiger partial charge in [0.2, 0.25) is 0 Å². The summed E-state index contributed by atoms with van der Waals surface area (Å²) in [6.07, 6.45) is 8.67. The highest BCUT2D eigenvalue weighted by Gasteiger charge is 2.39. The molecule has 3 aromatic rings. The van der Waals surface area contributed by atoms with Crippen LogP contribution in [0.1, 0.15) is 96.2 Å². The van der Waals surface area contributed by atoms with Crippen molar-refractivity contribution in [1.82, 2.24) is 0 Å². The fraction of sp³-hybridized carbons (Fsp3) is 0.459. The van der Waals surface area contributed by atoms with Gasteiger partial charge in [-0.05, 0) is 130 Å². The van der Waals surface area contributed by atoms with Crippen molar-refractivity contribution < 1.29 is 27.8 Å². The number of ketones is 1. The molecule has 1 fully saturated rings. The molecule has 0 aliphatic heterocycles. The van der Waals surface area contributed by atoms with Crippen LogP contribution in [-0.4, -0.2) is 25.0 Å². The van der Waals surface area contributed by atoms with Crippen molar-refractivity contribution in [2.24, 2.45) is 17.3 Å². The van der Waals surface area contributed by atoms with Gasteiger partial charge in [0.05, 0.1) is 18.8 Å². The summed E-state index contributed by atoms with van der Waals surface area (Å²) in [5.74, 6) is -0.864. The van der Waals surface area contributed by atoms with Crippen LogP contribution in [0.3, 0.4) is 0 Å². The van der Waals surface area contributed by atoms with E-state index in [2.05, 4.69) is 0 Å². The standard InChI is InChI=1S/C37H42F2O4/c1-24(2)43-36(41)29-9-12-32-28(22-29)15-18-37(23-30(35(32)40)20-26-6-10-31(42-3)11-7-26)16-4-5-25(14-17-37)19-27-8-13-33(38)34(39)21-27/h6-13,21-22,24-25,30H,4-5,14-20,23H2,1-3H3. The summed E-state index contributed by atoms with van der Waals surface area (Å²) in [6, 6.07) is 17.6. The molecule has 4 nitrogen and oxygen atoms in total. The van der Waals surface area contributed by atoms with Crippen LogP contribution in [0, 0.1) is 28.9 Å². The van der Waals surface area contributed by atoms with E-state index in [1.54, 1.807) is 19.2 Å². The maximum absolute atomic E-state index is 14.2. The Labute approximate surface area is 253 Å². The third kappa shape index (κ3) is 7.52. The molecule has 0 amide bonds. The maximum Gasteiger partial charge on any atom is 0.338 e. The summed E-state index contributed by atoms with van der Waals surface area (Å²) in [7, 11) is 1.64. The largest absolute Gasteiger partial charge is 0.497 e. The number of methoxy groups -OCH3 is 1. The molecular formula is C37H42F2O4. The van der Waals surface area contributed by atoms with E-state index < -0.39 is 11.6 Å². The summed E-state index contributed by atoms with van der Waals surface area (Å²) < 4.78 is 38.2. The second-order valence-electron chi connectivity index (χ2n) is 12.9. The molecule has 1 saturated carbocycles. The number of ether oxygens (including phenoxy) is 2. The average Bonchev–Trinajstić information content (AvgIpc) is 3.19. The summed E-state index contributed by atoms with van der Waals surface area (Å²) in [5.41, 5.74) is 4.03. The van der Waals surface area contributed by atoms with E-state index in [-0.39, 0.29) is 29.2 Å². The Morgan fingerprint density at radius 3 is 2.40 bits per heavy atom. The molecule has 0 heterocycles. The minimum atomic E-state index is -0.813. The van der Waals surface area contributed by atoms with Gasteiger partial charge in [0.15, 0.2) is 17.4 Å². The lowest BCUT2D eigenvalue weighted by Crippen LogP contribution is -2.32. The van der Waals surface area contributed by atoms with Gasteiger partial charge in [-0.25, -0.2) is 13.6 Å². The van der Waals surface area contributed by atoms with Crippen LogP contribution in [-0.2, 0) is 24.0 Å². The molecule has 6 heteroatoms. The quantitative estimate of drug-likeness (QED) is 0.259. The van der Waals surface area contributed by atoms with E-state index in [0.29, 0.717) is 23.5 Å². The van der Waals surface area contributed by atoms with Gasteiger partial charge in [0.1, 0.15) is 5.75 Å². The SMILES string of the molecule is COc1ccc(CC2CC3(CCCC(Cc4ccc(F)c(F)c4)CC3)CCc3cc(C(=O)OC(C)C)ccc3C2=O)cc1. The van der Waals surface area contributed by atoms with E-state index in [1.807, 2.05) is 50.2 Å². The van der Waals surface area contributed by atoms with Gasteiger partial charge in [0, 0.05) is 11.5 Å². The van der Waals surface area contributed by atoms with Gasteiger partial charge in [0.25, 0.3) is 0 Å². The lowest BCUT2D eigenvalue weighted by Gasteiger charge is -2.38. The Hall–Kier alpha value is -3.54. The number of hydrogen-bond donors (Lipinski definition) is 0. The molecule has 1 spiro atoms. The highest BCUT2D eigenvalue weighted by molar-refractivity contribution is 6.01. The number of halogens is 2. The topological polar surface area (TPSA) is 52.6 Å². The predicted molar refractivity (Wildman–Crippen MR) is 164 cm³/mol. The monoisotopic (exact) mass is 588 g/mol. The Bertz CT molecular complexity index is 1450. The molecule has 0 saturated heterocycles. The number of carbonyl (C=O) groups excluding carboxylic acids is 2. The molecule has 5 rings (SSSR count). The summed E-state index contributed by atoms with van der Waals surface area (Å²) >= 11 is 0. The molecule has 2 aliphatic carbocycles. The van der Waals surface area contributed by atoms with Crippen molar-refractivity contribution in [2.45, 2.75) is 84.2 Å². The number of carbonyl (C=O) groups is 2. The van der Waals surface area contributed by atoms with Crippen molar-refractivity contribution in [3.8, 4) is 5.75 Å². The van der Waals surface area contributed by atoms with Crippen molar-refractivity contribution >= 4 is 11.8 Å². The molecule has 0 N–H and O–H groups in total. The van der Waals surface area contributed by atoms with Crippen molar-refractivity contribution in [3.05, 3.63) is 100 Å².